The molecule has 1 atom stereocenters. The summed E-state index contributed by atoms with van der Waals surface area (Å²) >= 11 is 0. The number of hydrogen-bond donors (Lipinski definition) is 1. The molecular weight excluding hydrogens is 194 g/mol. The normalized spacial score (nSPS) is 24.6. The van der Waals surface area contributed by atoms with E-state index in [0.29, 0.717) is 0 Å². The van der Waals surface area contributed by atoms with Crippen LogP contribution in [-0.4, -0.2) is 12.6 Å². The van der Waals surface area contributed by atoms with Crippen molar-refractivity contribution in [3.8, 4) is 0 Å². The van der Waals surface area contributed by atoms with Crippen LogP contribution >= 0.6 is 0 Å². The molecule has 1 N–H and O–H groups in total. The molecule has 0 spiro atoms. The Kier molecular flexibility index (Phi) is 5.15. The number of rotatable bonds is 7. The summed E-state index contributed by atoms with van der Waals surface area (Å²) in [5, 5.41) is 3.69. The maximum absolute atomic E-state index is 3.69. The summed E-state index contributed by atoms with van der Waals surface area (Å²) < 4.78 is 0. The molecule has 0 heterocycles. The van der Waals surface area contributed by atoms with E-state index in [4.69, 9.17) is 0 Å². The van der Waals surface area contributed by atoms with E-state index in [-0.39, 0.29) is 0 Å². The van der Waals surface area contributed by atoms with Gasteiger partial charge in [-0.2, -0.15) is 0 Å². The molecule has 2 saturated carbocycles. The molecule has 1 unspecified atom stereocenters. The minimum absolute atomic E-state index is 0.833. The van der Waals surface area contributed by atoms with Crippen molar-refractivity contribution in [2.24, 2.45) is 11.8 Å². The lowest BCUT2D eigenvalue weighted by molar-refractivity contribution is 0.307. The second kappa shape index (κ2) is 6.64. The van der Waals surface area contributed by atoms with Gasteiger partial charge in [-0.3, -0.25) is 0 Å². The Hall–Kier alpha value is -0.0400. The topological polar surface area (TPSA) is 12.0 Å². The van der Waals surface area contributed by atoms with Crippen molar-refractivity contribution in [2.45, 2.75) is 77.2 Å². The maximum atomic E-state index is 3.69. The summed E-state index contributed by atoms with van der Waals surface area (Å²) in [7, 11) is 0. The van der Waals surface area contributed by atoms with E-state index in [2.05, 4.69) is 12.2 Å². The van der Waals surface area contributed by atoms with Crippen molar-refractivity contribution in [3.63, 3.8) is 0 Å². The lowest BCUT2D eigenvalue weighted by Gasteiger charge is -2.24. The first-order valence-electron chi connectivity index (χ1n) is 7.62. The van der Waals surface area contributed by atoms with Gasteiger partial charge in [0, 0.05) is 6.04 Å². The lowest BCUT2D eigenvalue weighted by Crippen LogP contribution is -2.30. The van der Waals surface area contributed by atoms with Crippen LogP contribution in [-0.2, 0) is 0 Å². The smallest absolute Gasteiger partial charge is 0.00696 e. The van der Waals surface area contributed by atoms with Crippen molar-refractivity contribution in [1.29, 1.82) is 0 Å². The zero-order chi connectivity index (χ0) is 11.2. The Bertz CT molecular complexity index is 180. The maximum Gasteiger partial charge on any atom is 0.00696 e. The molecule has 0 radical (unpaired) electrons. The summed E-state index contributed by atoms with van der Waals surface area (Å²) in [5.74, 6) is 2.14. The number of hydrogen-bond acceptors (Lipinski definition) is 1. The lowest BCUT2D eigenvalue weighted by atomic mass is 9.85. The molecule has 1 heteroatoms. The molecule has 16 heavy (non-hydrogen) atoms. The Labute approximate surface area is 101 Å². The van der Waals surface area contributed by atoms with Crippen molar-refractivity contribution in [3.05, 3.63) is 0 Å². The predicted molar refractivity (Wildman–Crippen MR) is 70.6 cm³/mol. The molecule has 0 bridgehead atoms. The summed E-state index contributed by atoms with van der Waals surface area (Å²) in [6, 6.07) is 0.833. The van der Waals surface area contributed by atoms with E-state index in [0.717, 1.165) is 24.4 Å². The second-order valence-electron chi connectivity index (χ2n) is 6.02. The molecule has 0 amide bonds. The third-order valence-electron chi connectivity index (χ3n) is 4.46. The van der Waals surface area contributed by atoms with Gasteiger partial charge in [-0.25, -0.2) is 0 Å². The van der Waals surface area contributed by atoms with Gasteiger partial charge in [0.25, 0.3) is 0 Å². The molecular formula is C15H29N. The van der Waals surface area contributed by atoms with Crippen molar-refractivity contribution >= 4 is 0 Å². The third kappa shape index (κ3) is 4.45. The van der Waals surface area contributed by atoms with Gasteiger partial charge < -0.3 is 5.32 Å². The molecule has 0 saturated heterocycles. The minimum atomic E-state index is 0.833. The van der Waals surface area contributed by atoms with Crippen LogP contribution in [0.25, 0.3) is 0 Å². The van der Waals surface area contributed by atoms with Crippen molar-refractivity contribution in [1.82, 2.24) is 5.32 Å². The first kappa shape index (κ1) is 12.4. The van der Waals surface area contributed by atoms with Gasteiger partial charge >= 0.3 is 0 Å². The molecule has 0 aromatic heterocycles. The number of nitrogens with one attached hydrogen (secondary N) is 1. The van der Waals surface area contributed by atoms with Crippen LogP contribution in [0.1, 0.15) is 71.1 Å². The molecule has 2 aliphatic rings. The first-order chi connectivity index (χ1) is 7.88. The SMILES string of the molecule is CCNC(CCC1CCCCC1)CC1CC1. The van der Waals surface area contributed by atoms with Crippen LogP contribution < -0.4 is 5.32 Å². The van der Waals surface area contributed by atoms with E-state index in [1.165, 1.54) is 64.2 Å². The quantitative estimate of drug-likeness (QED) is 0.684. The van der Waals surface area contributed by atoms with Crippen LogP contribution in [0.15, 0.2) is 0 Å². The highest BCUT2D eigenvalue weighted by Gasteiger charge is 2.25. The van der Waals surface area contributed by atoms with Crippen LogP contribution in [0.5, 0.6) is 0 Å². The Balaban J connectivity index is 1.63. The zero-order valence-electron chi connectivity index (χ0n) is 11.0. The highest BCUT2D eigenvalue weighted by atomic mass is 14.9. The molecule has 2 rings (SSSR count). The standard InChI is InChI=1S/C15H29N/c1-2-16-15(12-14-8-9-14)11-10-13-6-4-3-5-7-13/h13-16H,2-12H2,1H3. The molecule has 0 aromatic carbocycles. The van der Waals surface area contributed by atoms with Crippen LogP contribution in [0.3, 0.4) is 0 Å². The molecule has 0 aromatic rings. The monoisotopic (exact) mass is 223 g/mol. The van der Waals surface area contributed by atoms with Crippen LogP contribution in [0.2, 0.25) is 0 Å². The van der Waals surface area contributed by atoms with E-state index in [1.54, 1.807) is 0 Å². The van der Waals surface area contributed by atoms with Gasteiger partial charge in [0.2, 0.25) is 0 Å². The predicted octanol–water partition coefficient (Wildman–Crippen LogP) is 4.13. The highest BCUT2D eigenvalue weighted by Crippen LogP contribution is 2.35. The first-order valence-corrected chi connectivity index (χ1v) is 7.62. The summed E-state index contributed by atoms with van der Waals surface area (Å²) in [6.07, 6.45) is 14.9. The Morgan fingerprint density at radius 1 is 1.00 bits per heavy atom. The van der Waals surface area contributed by atoms with Gasteiger partial charge in [-0.15, -0.1) is 0 Å². The van der Waals surface area contributed by atoms with E-state index < -0.39 is 0 Å². The van der Waals surface area contributed by atoms with Crippen LogP contribution in [0, 0.1) is 11.8 Å². The molecule has 1 nitrogen and oxygen atoms in total. The molecule has 94 valence electrons. The largest absolute Gasteiger partial charge is 0.314 e. The van der Waals surface area contributed by atoms with Gasteiger partial charge in [0.15, 0.2) is 0 Å². The van der Waals surface area contributed by atoms with Gasteiger partial charge in [-0.1, -0.05) is 51.9 Å². The van der Waals surface area contributed by atoms with Crippen molar-refractivity contribution in [2.75, 3.05) is 6.54 Å². The van der Waals surface area contributed by atoms with Crippen LogP contribution in [0.4, 0.5) is 0 Å². The molecule has 2 aliphatic carbocycles. The highest BCUT2D eigenvalue weighted by molar-refractivity contribution is 4.81. The third-order valence-corrected chi connectivity index (χ3v) is 4.46. The fraction of sp³-hybridized carbons (Fsp3) is 1.00. The summed E-state index contributed by atoms with van der Waals surface area (Å²) in [5.41, 5.74) is 0. The molecule has 0 aliphatic heterocycles. The van der Waals surface area contributed by atoms with E-state index in [9.17, 15) is 0 Å². The fourth-order valence-electron chi connectivity index (χ4n) is 3.26. The fourth-order valence-corrected chi connectivity index (χ4v) is 3.26. The summed E-state index contributed by atoms with van der Waals surface area (Å²) in [4.78, 5) is 0. The summed E-state index contributed by atoms with van der Waals surface area (Å²) in [6.45, 7) is 3.41. The average molecular weight is 223 g/mol. The molecule has 2 fully saturated rings. The average Bonchev–Trinajstić information content (AvgIpc) is 3.12. The van der Waals surface area contributed by atoms with Gasteiger partial charge in [-0.05, 0) is 37.6 Å². The van der Waals surface area contributed by atoms with E-state index in [1.807, 2.05) is 0 Å². The second-order valence-corrected chi connectivity index (χ2v) is 6.02. The zero-order valence-corrected chi connectivity index (χ0v) is 11.0. The Morgan fingerprint density at radius 3 is 2.38 bits per heavy atom. The van der Waals surface area contributed by atoms with Crippen molar-refractivity contribution < 1.29 is 0 Å². The minimum Gasteiger partial charge on any atom is -0.314 e. The van der Waals surface area contributed by atoms with E-state index >= 15 is 0 Å². The van der Waals surface area contributed by atoms with Gasteiger partial charge in [0.1, 0.15) is 0 Å². The van der Waals surface area contributed by atoms with Gasteiger partial charge in [0.05, 0.1) is 0 Å². The Morgan fingerprint density at radius 2 is 1.75 bits per heavy atom.